The Kier molecular flexibility index (Phi) is 5.19. The lowest BCUT2D eigenvalue weighted by molar-refractivity contribution is -0.207. The summed E-state index contributed by atoms with van der Waals surface area (Å²) in [7, 11) is 0. The Balaban J connectivity index is 1.82. The lowest BCUT2D eigenvalue weighted by atomic mass is 9.98. The normalized spacial score (nSPS) is 17.0. The third-order valence-corrected chi connectivity index (χ3v) is 3.52. The molecule has 5 nitrogen and oxygen atoms in total. The van der Waals surface area contributed by atoms with Crippen LogP contribution in [0, 0.1) is 5.41 Å². The lowest BCUT2D eigenvalue weighted by Gasteiger charge is -2.32. The van der Waals surface area contributed by atoms with Gasteiger partial charge in [-0.1, -0.05) is 12.1 Å². The first-order valence-electron chi connectivity index (χ1n) is 7.58. The minimum absolute atomic E-state index is 0.0755. The van der Waals surface area contributed by atoms with E-state index in [-0.39, 0.29) is 12.1 Å². The summed E-state index contributed by atoms with van der Waals surface area (Å²) in [6.45, 7) is 6.82. The molecule has 1 aliphatic rings. The number of piperidine rings is 1. The summed E-state index contributed by atoms with van der Waals surface area (Å²) >= 11 is 0. The smallest absolute Gasteiger partial charge is 0.330 e. The molecule has 0 saturated carbocycles. The highest BCUT2D eigenvalue weighted by Gasteiger charge is 2.28. The molecular weight excluding hydrogens is 282 g/mol. The number of hydrogen-bond acceptors (Lipinski definition) is 5. The lowest BCUT2D eigenvalue weighted by Crippen LogP contribution is -2.41. The first kappa shape index (κ1) is 16.5. The standard InChI is InChI=1S/C17H23NO4/c1-17(2,3)16(20)22-18-9-7-14(8-10-18)21-15-6-4-5-13(11-15)12-19/h4-6,11-12,14H,7-10H2,1-3H3. The topological polar surface area (TPSA) is 55.8 Å². The van der Waals surface area contributed by atoms with Crippen LogP contribution in [0.5, 0.6) is 5.75 Å². The summed E-state index contributed by atoms with van der Waals surface area (Å²) < 4.78 is 5.89. The van der Waals surface area contributed by atoms with Crippen molar-refractivity contribution in [2.24, 2.45) is 5.41 Å². The second-order valence-electron chi connectivity index (χ2n) is 6.57. The van der Waals surface area contributed by atoms with Crippen molar-refractivity contribution in [3.05, 3.63) is 29.8 Å². The van der Waals surface area contributed by atoms with E-state index in [9.17, 15) is 9.59 Å². The fourth-order valence-corrected chi connectivity index (χ4v) is 2.15. The number of aldehydes is 1. The largest absolute Gasteiger partial charge is 0.490 e. The number of hydrogen-bond donors (Lipinski definition) is 0. The maximum absolute atomic E-state index is 11.8. The first-order valence-corrected chi connectivity index (χ1v) is 7.58. The van der Waals surface area contributed by atoms with Gasteiger partial charge in [0.05, 0.1) is 5.41 Å². The molecule has 1 fully saturated rings. The van der Waals surface area contributed by atoms with Crippen LogP contribution in [0.1, 0.15) is 44.0 Å². The van der Waals surface area contributed by atoms with Crippen molar-refractivity contribution in [1.29, 1.82) is 0 Å². The van der Waals surface area contributed by atoms with E-state index in [1.54, 1.807) is 23.3 Å². The highest BCUT2D eigenvalue weighted by atomic mass is 16.7. The molecule has 0 aliphatic carbocycles. The molecule has 1 aliphatic heterocycles. The number of hydroxylamine groups is 2. The summed E-state index contributed by atoms with van der Waals surface area (Å²) in [6, 6.07) is 7.13. The Bertz CT molecular complexity index is 528. The Morgan fingerprint density at radius 2 is 1.95 bits per heavy atom. The molecule has 1 saturated heterocycles. The first-order chi connectivity index (χ1) is 10.4. The molecule has 1 heterocycles. The molecule has 1 aromatic rings. The van der Waals surface area contributed by atoms with E-state index >= 15 is 0 Å². The molecule has 0 bridgehead atoms. The minimum atomic E-state index is -0.497. The zero-order valence-corrected chi connectivity index (χ0v) is 13.4. The van der Waals surface area contributed by atoms with Gasteiger partial charge in [0.15, 0.2) is 0 Å². The number of rotatable bonds is 4. The number of carbonyl (C=O) groups is 2. The quantitative estimate of drug-likeness (QED) is 0.801. The van der Waals surface area contributed by atoms with Crippen molar-refractivity contribution < 1.29 is 19.2 Å². The van der Waals surface area contributed by atoms with Gasteiger partial charge in [-0.25, -0.2) is 4.79 Å². The van der Waals surface area contributed by atoms with Crippen molar-refractivity contribution in [1.82, 2.24) is 5.06 Å². The molecule has 2 rings (SSSR count). The molecule has 120 valence electrons. The molecule has 0 spiro atoms. The number of nitrogens with zero attached hydrogens (tertiary/aromatic N) is 1. The van der Waals surface area contributed by atoms with E-state index in [1.807, 2.05) is 26.8 Å². The monoisotopic (exact) mass is 305 g/mol. The van der Waals surface area contributed by atoms with E-state index in [0.29, 0.717) is 24.4 Å². The molecule has 5 heteroatoms. The fraction of sp³-hybridized carbons (Fsp3) is 0.529. The average molecular weight is 305 g/mol. The van der Waals surface area contributed by atoms with Gasteiger partial charge in [-0.2, -0.15) is 0 Å². The van der Waals surface area contributed by atoms with Gasteiger partial charge in [-0.15, -0.1) is 5.06 Å². The Labute approximate surface area is 131 Å². The predicted octanol–water partition coefficient (Wildman–Crippen LogP) is 2.85. The van der Waals surface area contributed by atoms with E-state index in [1.165, 1.54) is 0 Å². The van der Waals surface area contributed by atoms with Gasteiger partial charge in [-0.05, 0) is 32.9 Å². The van der Waals surface area contributed by atoms with Gasteiger partial charge in [0.1, 0.15) is 18.1 Å². The van der Waals surface area contributed by atoms with Crippen LogP contribution in [0.15, 0.2) is 24.3 Å². The number of ether oxygens (including phenoxy) is 1. The van der Waals surface area contributed by atoms with E-state index in [2.05, 4.69) is 0 Å². The van der Waals surface area contributed by atoms with Gasteiger partial charge in [0.25, 0.3) is 0 Å². The Morgan fingerprint density at radius 1 is 1.27 bits per heavy atom. The summed E-state index contributed by atoms with van der Waals surface area (Å²) in [5.74, 6) is 0.486. The van der Waals surface area contributed by atoms with Crippen molar-refractivity contribution in [3.8, 4) is 5.75 Å². The van der Waals surface area contributed by atoms with Crippen LogP contribution in [0.4, 0.5) is 0 Å². The number of carbonyl (C=O) groups excluding carboxylic acids is 2. The SMILES string of the molecule is CC(C)(C)C(=O)ON1CCC(Oc2cccc(C=O)c2)CC1. The molecule has 0 amide bonds. The average Bonchev–Trinajstić information content (AvgIpc) is 2.48. The molecule has 0 atom stereocenters. The second kappa shape index (κ2) is 6.92. The second-order valence-corrected chi connectivity index (χ2v) is 6.57. The third kappa shape index (κ3) is 4.56. The van der Waals surface area contributed by atoms with Gasteiger partial charge < -0.3 is 9.57 Å². The molecule has 0 aromatic heterocycles. The number of benzene rings is 1. The molecule has 0 N–H and O–H groups in total. The van der Waals surface area contributed by atoms with Crippen LogP contribution in [-0.4, -0.2) is 36.5 Å². The summed E-state index contributed by atoms with van der Waals surface area (Å²) in [6.07, 6.45) is 2.44. The summed E-state index contributed by atoms with van der Waals surface area (Å²) in [5, 5.41) is 1.70. The van der Waals surface area contributed by atoms with Crippen LogP contribution in [0.2, 0.25) is 0 Å². The molecule has 0 unspecified atom stereocenters. The molecular formula is C17H23NO4. The Hall–Kier alpha value is -1.88. The van der Waals surface area contributed by atoms with Crippen LogP contribution in [-0.2, 0) is 9.63 Å². The molecule has 22 heavy (non-hydrogen) atoms. The highest BCUT2D eigenvalue weighted by molar-refractivity contribution is 5.75. The maximum atomic E-state index is 11.8. The zero-order chi connectivity index (χ0) is 16.2. The zero-order valence-electron chi connectivity index (χ0n) is 13.4. The third-order valence-electron chi connectivity index (χ3n) is 3.52. The van der Waals surface area contributed by atoms with Gasteiger partial charge >= 0.3 is 5.97 Å². The van der Waals surface area contributed by atoms with Gasteiger partial charge in [-0.3, -0.25) is 4.79 Å². The predicted molar refractivity (Wildman–Crippen MR) is 82.6 cm³/mol. The van der Waals surface area contributed by atoms with Crippen molar-refractivity contribution in [2.75, 3.05) is 13.1 Å². The van der Waals surface area contributed by atoms with Crippen molar-refractivity contribution in [3.63, 3.8) is 0 Å². The minimum Gasteiger partial charge on any atom is -0.490 e. The van der Waals surface area contributed by atoms with Gasteiger partial charge in [0.2, 0.25) is 0 Å². The van der Waals surface area contributed by atoms with Crippen molar-refractivity contribution in [2.45, 2.75) is 39.7 Å². The van der Waals surface area contributed by atoms with E-state index in [0.717, 1.165) is 19.1 Å². The van der Waals surface area contributed by atoms with Crippen LogP contribution >= 0.6 is 0 Å². The summed E-state index contributed by atoms with van der Waals surface area (Å²) in [4.78, 5) is 28.0. The fourth-order valence-electron chi connectivity index (χ4n) is 2.15. The van der Waals surface area contributed by atoms with Crippen LogP contribution < -0.4 is 4.74 Å². The highest BCUT2D eigenvalue weighted by Crippen LogP contribution is 2.22. The van der Waals surface area contributed by atoms with Crippen LogP contribution in [0.25, 0.3) is 0 Å². The molecule has 0 radical (unpaired) electrons. The van der Waals surface area contributed by atoms with E-state index in [4.69, 9.17) is 9.57 Å². The van der Waals surface area contributed by atoms with E-state index < -0.39 is 5.41 Å². The summed E-state index contributed by atoms with van der Waals surface area (Å²) in [5.41, 5.74) is 0.108. The van der Waals surface area contributed by atoms with Crippen LogP contribution in [0.3, 0.4) is 0 Å². The van der Waals surface area contributed by atoms with Gasteiger partial charge in [0, 0.05) is 31.5 Å². The Morgan fingerprint density at radius 3 is 2.55 bits per heavy atom. The molecule has 1 aromatic carbocycles. The van der Waals surface area contributed by atoms with Crippen molar-refractivity contribution >= 4 is 12.3 Å². The maximum Gasteiger partial charge on any atom is 0.330 e.